The van der Waals surface area contributed by atoms with Crippen molar-refractivity contribution >= 4 is 28.8 Å². The normalized spacial score (nSPS) is 17.6. The molecule has 33 heavy (non-hydrogen) atoms. The molecule has 8 heteroatoms. The van der Waals surface area contributed by atoms with Crippen molar-refractivity contribution in [1.82, 2.24) is 15.8 Å². The first-order valence-corrected chi connectivity index (χ1v) is 11.8. The molecule has 6 nitrogen and oxygen atoms in total. The van der Waals surface area contributed by atoms with Gasteiger partial charge in [-0.05, 0) is 60.5 Å². The molecule has 1 aliphatic heterocycles. The monoisotopic (exact) mass is 466 g/mol. The van der Waals surface area contributed by atoms with Crippen molar-refractivity contribution < 1.29 is 14.0 Å². The van der Waals surface area contributed by atoms with Crippen LogP contribution >= 0.6 is 11.3 Å². The Morgan fingerprint density at radius 2 is 1.97 bits per heavy atom. The molecule has 0 aliphatic carbocycles. The van der Waals surface area contributed by atoms with Gasteiger partial charge in [-0.25, -0.2) is 4.39 Å². The standard InChI is InChI=1S/C25H27FN4O2S/c1-30(13-5-9-19-16-22(29-28-19)17-7-4-8-18(26)15-17)25(32)20-10-2-3-11-21(20)27-24(31)23-12-6-14-33-23/h2-4,6-8,10-12,14-15,19,22,28-29H,5,9,13,16H2,1H3,(H,27,31). The number of anilines is 1. The number of nitrogens with zero attached hydrogens (tertiary/aromatic N) is 1. The number of hydrogen-bond acceptors (Lipinski definition) is 5. The van der Waals surface area contributed by atoms with Gasteiger partial charge < -0.3 is 10.2 Å². The van der Waals surface area contributed by atoms with E-state index in [0.717, 1.165) is 24.8 Å². The highest BCUT2D eigenvalue weighted by Crippen LogP contribution is 2.25. The number of halogens is 1. The van der Waals surface area contributed by atoms with Crippen LogP contribution in [0.4, 0.5) is 10.1 Å². The molecular weight excluding hydrogens is 439 g/mol. The average Bonchev–Trinajstić information content (AvgIpc) is 3.52. The lowest BCUT2D eigenvalue weighted by atomic mass is 9.99. The summed E-state index contributed by atoms with van der Waals surface area (Å²) < 4.78 is 13.5. The maximum Gasteiger partial charge on any atom is 0.265 e. The summed E-state index contributed by atoms with van der Waals surface area (Å²) in [6, 6.07) is 17.6. The smallest absolute Gasteiger partial charge is 0.265 e. The van der Waals surface area contributed by atoms with Gasteiger partial charge in [0.25, 0.3) is 11.8 Å². The Hall–Kier alpha value is -3.07. The largest absolute Gasteiger partial charge is 0.342 e. The van der Waals surface area contributed by atoms with Crippen molar-refractivity contribution in [2.24, 2.45) is 0 Å². The third-order valence-electron chi connectivity index (χ3n) is 5.78. The number of thiophene rings is 1. The van der Waals surface area contributed by atoms with Crippen LogP contribution in [0.1, 0.15) is 50.9 Å². The molecule has 2 aromatic carbocycles. The molecule has 1 saturated heterocycles. The van der Waals surface area contributed by atoms with Crippen molar-refractivity contribution in [2.75, 3.05) is 18.9 Å². The second-order valence-corrected chi connectivity index (χ2v) is 9.12. The molecule has 0 saturated carbocycles. The second kappa shape index (κ2) is 10.7. The lowest BCUT2D eigenvalue weighted by molar-refractivity contribution is 0.0792. The fraction of sp³-hybridized carbons (Fsp3) is 0.280. The van der Waals surface area contributed by atoms with Gasteiger partial charge in [0, 0.05) is 25.7 Å². The minimum Gasteiger partial charge on any atom is -0.342 e. The van der Waals surface area contributed by atoms with Gasteiger partial charge in [-0.15, -0.1) is 11.3 Å². The van der Waals surface area contributed by atoms with E-state index < -0.39 is 0 Å². The van der Waals surface area contributed by atoms with Crippen LogP contribution in [0.15, 0.2) is 66.0 Å². The van der Waals surface area contributed by atoms with Gasteiger partial charge in [-0.2, -0.15) is 0 Å². The van der Waals surface area contributed by atoms with Crippen LogP contribution < -0.4 is 16.2 Å². The van der Waals surface area contributed by atoms with E-state index >= 15 is 0 Å². The molecule has 4 rings (SSSR count). The molecule has 1 fully saturated rings. The Morgan fingerprint density at radius 1 is 1.12 bits per heavy atom. The number of hydrogen-bond donors (Lipinski definition) is 3. The van der Waals surface area contributed by atoms with Gasteiger partial charge in [0.1, 0.15) is 5.82 Å². The summed E-state index contributed by atoms with van der Waals surface area (Å²) in [5.74, 6) is -0.586. The summed E-state index contributed by atoms with van der Waals surface area (Å²) in [5.41, 5.74) is 8.42. The van der Waals surface area contributed by atoms with Gasteiger partial charge >= 0.3 is 0 Å². The second-order valence-electron chi connectivity index (χ2n) is 8.17. The third kappa shape index (κ3) is 5.84. The Labute approximate surface area is 196 Å². The van der Waals surface area contributed by atoms with Crippen molar-refractivity contribution in [3.63, 3.8) is 0 Å². The van der Waals surface area contributed by atoms with Crippen molar-refractivity contribution in [1.29, 1.82) is 0 Å². The van der Waals surface area contributed by atoms with E-state index in [1.807, 2.05) is 17.5 Å². The first-order chi connectivity index (χ1) is 16.0. The Kier molecular flexibility index (Phi) is 7.49. The Morgan fingerprint density at radius 3 is 2.76 bits per heavy atom. The summed E-state index contributed by atoms with van der Waals surface area (Å²) in [5, 5.41) is 4.70. The molecule has 172 valence electrons. The van der Waals surface area contributed by atoms with Crippen LogP contribution in [0, 0.1) is 5.82 Å². The van der Waals surface area contributed by atoms with Crippen LogP contribution in [-0.4, -0.2) is 36.3 Å². The highest BCUT2D eigenvalue weighted by molar-refractivity contribution is 7.12. The predicted octanol–water partition coefficient (Wildman–Crippen LogP) is 4.60. The van der Waals surface area contributed by atoms with E-state index in [1.54, 1.807) is 54.4 Å². The molecule has 1 aliphatic rings. The zero-order valence-electron chi connectivity index (χ0n) is 18.4. The predicted molar refractivity (Wildman–Crippen MR) is 129 cm³/mol. The van der Waals surface area contributed by atoms with E-state index in [9.17, 15) is 14.0 Å². The van der Waals surface area contributed by atoms with Crippen molar-refractivity contribution in [3.05, 3.63) is 87.9 Å². The molecule has 3 N–H and O–H groups in total. The zero-order chi connectivity index (χ0) is 23.2. The van der Waals surface area contributed by atoms with Crippen LogP contribution in [0.25, 0.3) is 0 Å². The van der Waals surface area contributed by atoms with Crippen LogP contribution in [0.2, 0.25) is 0 Å². The minimum absolute atomic E-state index is 0.0731. The average molecular weight is 467 g/mol. The molecule has 2 amide bonds. The zero-order valence-corrected chi connectivity index (χ0v) is 19.2. The molecule has 0 spiro atoms. The lowest BCUT2D eigenvalue weighted by Crippen LogP contribution is -2.32. The molecule has 2 unspecified atom stereocenters. The maximum absolute atomic E-state index is 13.5. The van der Waals surface area contributed by atoms with Crippen LogP contribution in [0.3, 0.4) is 0 Å². The number of hydrazine groups is 1. The first-order valence-electron chi connectivity index (χ1n) is 11.0. The van der Waals surface area contributed by atoms with Gasteiger partial charge in [-0.3, -0.25) is 20.4 Å². The van der Waals surface area contributed by atoms with E-state index in [4.69, 9.17) is 0 Å². The van der Waals surface area contributed by atoms with Gasteiger partial charge in [0.15, 0.2) is 0 Å². The molecule has 0 bridgehead atoms. The third-order valence-corrected chi connectivity index (χ3v) is 6.65. The Balaban J connectivity index is 1.28. The minimum atomic E-state index is -0.232. The fourth-order valence-corrected chi connectivity index (χ4v) is 4.62. The number of carbonyl (C=O) groups is 2. The highest BCUT2D eigenvalue weighted by atomic mass is 32.1. The molecule has 2 atom stereocenters. The number of benzene rings is 2. The fourth-order valence-electron chi connectivity index (χ4n) is 4.01. The van der Waals surface area contributed by atoms with Crippen LogP contribution in [-0.2, 0) is 0 Å². The van der Waals surface area contributed by atoms with E-state index in [2.05, 4.69) is 16.2 Å². The highest BCUT2D eigenvalue weighted by Gasteiger charge is 2.25. The molecule has 1 aromatic heterocycles. The van der Waals surface area contributed by atoms with E-state index in [1.165, 1.54) is 17.4 Å². The summed E-state index contributed by atoms with van der Waals surface area (Å²) >= 11 is 1.36. The first kappa shape index (κ1) is 23.1. The molecule has 0 radical (unpaired) electrons. The van der Waals surface area contributed by atoms with E-state index in [0.29, 0.717) is 22.7 Å². The van der Waals surface area contributed by atoms with Gasteiger partial charge in [-0.1, -0.05) is 30.3 Å². The van der Waals surface area contributed by atoms with Crippen molar-refractivity contribution in [3.8, 4) is 0 Å². The number of amides is 2. The Bertz CT molecular complexity index is 1110. The SMILES string of the molecule is CN(CCCC1CC(c2cccc(F)c2)NN1)C(=O)c1ccccc1NC(=O)c1cccs1. The summed E-state index contributed by atoms with van der Waals surface area (Å²) in [7, 11) is 1.77. The summed E-state index contributed by atoms with van der Waals surface area (Å²) in [6.45, 7) is 0.592. The maximum atomic E-state index is 13.5. The van der Waals surface area contributed by atoms with Gasteiger partial charge in [0.2, 0.25) is 0 Å². The van der Waals surface area contributed by atoms with Crippen LogP contribution in [0.5, 0.6) is 0 Å². The summed E-state index contributed by atoms with van der Waals surface area (Å²) in [4.78, 5) is 27.8. The molecule has 2 heterocycles. The number of rotatable bonds is 8. The molecular formula is C25H27FN4O2S. The van der Waals surface area contributed by atoms with Crippen molar-refractivity contribution in [2.45, 2.75) is 31.3 Å². The number of para-hydroxylation sites is 1. The number of carbonyl (C=O) groups excluding carboxylic acids is 2. The molecule has 3 aromatic rings. The van der Waals surface area contributed by atoms with E-state index in [-0.39, 0.29) is 29.7 Å². The quantitative estimate of drug-likeness (QED) is 0.454. The van der Waals surface area contributed by atoms with Gasteiger partial charge in [0.05, 0.1) is 16.1 Å². The topological polar surface area (TPSA) is 73.5 Å². The number of nitrogens with one attached hydrogen (secondary N) is 3. The lowest BCUT2D eigenvalue weighted by Gasteiger charge is -2.20. The summed E-state index contributed by atoms with van der Waals surface area (Å²) in [6.07, 6.45) is 2.56.